The summed E-state index contributed by atoms with van der Waals surface area (Å²) in [5.41, 5.74) is 2.06. The molecule has 1 aromatic heterocycles. The number of aromatic nitrogens is 2. The van der Waals surface area contributed by atoms with Gasteiger partial charge in [-0.05, 0) is 18.6 Å². The Morgan fingerprint density at radius 3 is 2.88 bits per heavy atom. The summed E-state index contributed by atoms with van der Waals surface area (Å²) in [6.45, 7) is 1.98. The number of carbonyl (C=O) groups excluding carboxylic acids is 1. The first-order valence-electron chi connectivity index (χ1n) is 5.44. The van der Waals surface area contributed by atoms with Crippen LogP contribution in [-0.4, -0.2) is 15.6 Å². The van der Waals surface area contributed by atoms with E-state index in [-0.39, 0.29) is 5.78 Å². The van der Waals surface area contributed by atoms with E-state index >= 15 is 0 Å². The van der Waals surface area contributed by atoms with Gasteiger partial charge in [-0.15, -0.1) is 0 Å². The molecule has 0 aliphatic carbocycles. The van der Waals surface area contributed by atoms with Crippen LogP contribution < -0.4 is 0 Å². The average Bonchev–Trinajstić information content (AvgIpc) is 2.69. The van der Waals surface area contributed by atoms with Gasteiger partial charge in [-0.2, -0.15) is 5.10 Å². The van der Waals surface area contributed by atoms with Gasteiger partial charge >= 0.3 is 0 Å². The van der Waals surface area contributed by atoms with Gasteiger partial charge in [-0.25, -0.2) is 0 Å². The molecule has 0 bridgehead atoms. The molecule has 1 aromatic carbocycles. The van der Waals surface area contributed by atoms with Gasteiger partial charge in [0.05, 0.1) is 11.3 Å². The van der Waals surface area contributed by atoms with Crippen LogP contribution in [0.5, 0.6) is 0 Å². The Labute approximate surface area is 105 Å². The Balaban J connectivity index is 2.43. The maximum absolute atomic E-state index is 12.3. The molecule has 2 aromatic rings. The van der Waals surface area contributed by atoms with Gasteiger partial charge in [0.1, 0.15) is 0 Å². The van der Waals surface area contributed by atoms with Gasteiger partial charge in [0.2, 0.25) is 0 Å². The van der Waals surface area contributed by atoms with Crippen molar-refractivity contribution in [1.82, 2.24) is 9.78 Å². The van der Waals surface area contributed by atoms with Crippen molar-refractivity contribution >= 4 is 17.4 Å². The molecule has 0 aliphatic heterocycles. The predicted octanol–water partition coefficient (Wildman–Crippen LogP) is 2.87. The minimum absolute atomic E-state index is 0.0301. The number of nitrogens with zero attached hydrogens (tertiary/aromatic N) is 2. The molecule has 0 spiro atoms. The zero-order chi connectivity index (χ0) is 12.4. The fraction of sp³-hybridized carbons (Fsp3) is 0.231. The van der Waals surface area contributed by atoms with E-state index in [1.807, 2.05) is 14.0 Å². The molecule has 0 N–H and O–H groups in total. The monoisotopic (exact) mass is 248 g/mol. The molecular weight excluding hydrogens is 236 g/mol. The van der Waals surface area contributed by atoms with Crippen molar-refractivity contribution in [1.29, 1.82) is 0 Å². The minimum Gasteiger partial charge on any atom is -0.288 e. The highest BCUT2D eigenvalue weighted by Gasteiger charge is 2.16. The van der Waals surface area contributed by atoms with Crippen LogP contribution in [0.1, 0.15) is 28.5 Å². The van der Waals surface area contributed by atoms with Crippen molar-refractivity contribution in [2.75, 3.05) is 0 Å². The summed E-state index contributed by atoms with van der Waals surface area (Å²) in [6, 6.07) is 6.97. The van der Waals surface area contributed by atoms with E-state index in [9.17, 15) is 4.79 Å². The van der Waals surface area contributed by atoms with E-state index in [0.717, 1.165) is 12.1 Å². The Morgan fingerprint density at radius 1 is 1.47 bits per heavy atom. The van der Waals surface area contributed by atoms with Crippen molar-refractivity contribution in [2.24, 2.45) is 7.05 Å². The molecule has 17 heavy (non-hydrogen) atoms. The lowest BCUT2D eigenvalue weighted by molar-refractivity contribution is 0.103. The summed E-state index contributed by atoms with van der Waals surface area (Å²) in [6.07, 6.45) is 2.49. The largest absolute Gasteiger partial charge is 0.288 e. The van der Waals surface area contributed by atoms with Gasteiger partial charge in [-0.1, -0.05) is 30.7 Å². The van der Waals surface area contributed by atoms with E-state index in [0.29, 0.717) is 16.1 Å². The number of aryl methyl sites for hydroxylation is 2. The summed E-state index contributed by atoms with van der Waals surface area (Å²) in [7, 11) is 1.81. The summed E-state index contributed by atoms with van der Waals surface area (Å²) >= 11 is 5.88. The third-order valence-electron chi connectivity index (χ3n) is 2.57. The number of carbonyl (C=O) groups is 1. The number of halogens is 1. The second-order valence-electron chi connectivity index (χ2n) is 3.86. The first-order valence-corrected chi connectivity index (χ1v) is 5.82. The van der Waals surface area contributed by atoms with Crippen molar-refractivity contribution in [3.8, 4) is 0 Å². The van der Waals surface area contributed by atoms with E-state index < -0.39 is 0 Å². The Kier molecular flexibility index (Phi) is 3.29. The third-order valence-corrected chi connectivity index (χ3v) is 2.81. The van der Waals surface area contributed by atoms with E-state index in [4.69, 9.17) is 11.6 Å². The van der Waals surface area contributed by atoms with Crippen LogP contribution in [0, 0.1) is 0 Å². The smallest absolute Gasteiger partial charge is 0.196 e. The van der Waals surface area contributed by atoms with E-state index in [2.05, 4.69) is 5.10 Å². The molecule has 0 saturated heterocycles. The topological polar surface area (TPSA) is 34.9 Å². The van der Waals surface area contributed by atoms with Crippen molar-refractivity contribution in [3.05, 3.63) is 52.3 Å². The molecule has 0 aliphatic rings. The number of rotatable bonds is 3. The van der Waals surface area contributed by atoms with Crippen LogP contribution in [0.25, 0.3) is 0 Å². The molecule has 0 saturated carbocycles. The molecule has 3 nitrogen and oxygen atoms in total. The van der Waals surface area contributed by atoms with Gasteiger partial charge in [-0.3, -0.25) is 9.48 Å². The van der Waals surface area contributed by atoms with Crippen LogP contribution in [0.2, 0.25) is 5.02 Å². The quantitative estimate of drug-likeness (QED) is 0.783. The minimum atomic E-state index is -0.0301. The highest BCUT2D eigenvalue weighted by atomic mass is 35.5. The van der Waals surface area contributed by atoms with Crippen molar-refractivity contribution in [3.63, 3.8) is 0 Å². The molecule has 2 rings (SSSR count). The van der Waals surface area contributed by atoms with Crippen LogP contribution in [0.15, 0.2) is 30.5 Å². The van der Waals surface area contributed by atoms with Gasteiger partial charge in [0.25, 0.3) is 0 Å². The third kappa shape index (κ3) is 2.39. The standard InChI is InChI=1S/C13H13ClN2O/c1-3-12-11(8-16(2)15-12)13(17)9-5-4-6-10(14)7-9/h4-8H,3H2,1-2H3. The lowest BCUT2D eigenvalue weighted by Gasteiger charge is -2.00. The SMILES string of the molecule is CCc1nn(C)cc1C(=O)c1cccc(Cl)c1. The van der Waals surface area contributed by atoms with Crippen LogP contribution in [-0.2, 0) is 13.5 Å². The highest BCUT2D eigenvalue weighted by Crippen LogP contribution is 2.17. The van der Waals surface area contributed by atoms with E-state index in [1.54, 1.807) is 35.1 Å². The summed E-state index contributed by atoms with van der Waals surface area (Å²) in [4.78, 5) is 12.3. The maximum atomic E-state index is 12.3. The number of ketones is 1. The fourth-order valence-corrected chi connectivity index (χ4v) is 1.96. The normalized spacial score (nSPS) is 10.5. The molecule has 0 radical (unpaired) electrons. The van der Waals surface area contributed by atoms with Gasteiger partial charge in [0.15, 0.2) is 5.78 Å². The average molecular weight is 249 g/mol. The Morgan fingerprint density at radius 2 is 2.24 bits per heavy atom. The zero-order valence-electron chi connectivity index (χ0n) is 9.77. The zero-order valence-corrected chi connectivity index (χ0v) is 10.5. The summed E-state index contributed by atoms with van der Waals surface area (Å²) in [5.74, 6) is -0.0301. The van der Waals surface area contributed by atoms with Gasteiger partial charge in [0, 0.05) is 23.8 Å². The molecule has 88 valence electrons. The van der Waals surface area contributed by atoms with Crippen LogP contribution in [0.3, 0.4) is 0 Å². The first kappa shape index (κ1) is 11.9. The molecule has 4 heteroatoms. The number of hydrogen-bond acceptors (Lipinski definition) is 2. The predicted molar refractivity (Wildman–Crippen MR) is 67.5 cm³/mol. The summed E-state index contributed by atoms with van der Waals surface area (Å²) < 4.78 is 1.66. The maximum Gasteiger partial charge on any atom is 0.196 e. The second kappa shape index (κ2) is 4.72. The van der Waals surface area contributed by atoms with E-state index in [1.165, 1.54) is 0 Å². The number of hydrogen-bond donors (Lipinski definition) is 0. The first-order chi connectivity index (χ1) is 8.11. The summed E-state index contributed by atoms with van der Waals surface area (Å²) in [5, 5.41) is 4.83. The lowest BCUT2D eigenvalue weighted by Crippen LogP contribution is -2.03. The lowest BCUT2D eigenvalue weighted by atomic mass is 10.0. The second-order valence-corrected chi connectivity index (χ2v) is 4.29. The molecule has 0 amide bonds. The van der Waals surface area contributed by atoms with Gasteiger partial charge < -0.3 is 0 Å². The Hall–Kier alpha value is -1.61. The molecule has 1 heterocycles. The highest BCUT2D eigenvalue weighted by molar-refractivity contribution is 6.31. The van der Waals surface area contributed by atoms with Crippen molar-refractivity contribution in [2.45, 2.75) is 13.3 Å². The van der Waals surface area contributed by atoms with Crippen molar-refractivity contribution < 1.29 is 4.79 Å². The van der Waals surface area contributed by atoms with Crippen LogP contribution in [0.4, 0.5) is 0 Å². The number of benzene rings is 1. The Bertz CT molecular complexity index is 560. The molecule has 0 fully saturated rings. The molecule has 0 unspecified atom stereocenters. The molecular formula is C13H13ClN2O. The van der Waals surface area contributed by atoms with Crippen LogP contribution >= 0.6 is 11.6 Å². The fourth-order valence-electron chi connectivity index (χ4n) is 1.77. The molecule has 0 atom stereocenters.